The molecular formula is C39H57Cl2O29PS. The van der Waals surface area contributed by atoms with Crippen LogP contribution in [0.15, 0.2) is 0 Å². The Morgan fingerprint density at radius 1 is 0.542 bits per heavy atom. The molecule has 0 aromatic carbocycles. The average Bonchev–Trinajstić information content (AvgIpc) is 3.89. The number of aliphatic hydroxyl groups is 1. The average molecular weight is 1130 g/mol. The van der Waals surface area contributed by atoms with Crippen molar-refractivity contribution in [3.8, 4) is 0 Å². The molecule has 0 radical (unpaired) electrons. The summed E-state index contributed by atoms with van der Waals surface area (Å²) in [6, 6.07) is 0. The highest BCUT2D eigenvalue weighted by atomic mass is 35.5. The van der Waals surface area contributed by atoms with E-state index in [0.29, 0.717) is 0 Å². The Morgan fingerprint density at radius 3 is 1.14 bits per heavy atom. The Labute approximate surface area is 429 Å². The quantitative estimate of drug-likeness (QED) is 0.0972. The van der Waals surface area contributed by atoms with Crippen LogP contribution < -0.4 is 0 Å². The van der Waals surface area contributed by atoms with Crippen molar-refractivity contribution in [2.45, 2.75) is 136 Å². The van der Waals surface area contributed by atoms with Crippen molar-refractivity contribution in [3.05, 3.63) is 0 Å². The van der Waals surface area contributed by atoms with Gasteiger partial charge in [0.1, 0.15) is 39.9 Å². The first-order valence-corrected chi connectivity index (χ1v) is 22.8. The second-order valence-corrected chi connectivity index (χ2v) is 14.8. The Balaban J connectivity index is 0. The molecule has 4 rings (SSSR count). The van der Waals surface area contributed by atoms with Gasteiger partial charge in [-0.1, -0.05) is 11.8 Å². The molecule has 33 heteroatoms. The monoisotopic (exact) mass is 1120 g/mol. The van der Waals surface area contributed by atoms with E-state index in [2.05, 4.69) is 26.0 Å². The van der Waals surface area contributed by atoms with E-state index in [1.54, 1.807) is 0 Å². The van der Waals surface area contributed by atoms with Gasteiger partial charge in [0, 0.05) is 62.3 Å². The van der Waals surface area contributed by atoms with Crippen LogP contribution in [0.4, 0.5) is 9.59 Å². The molecule has 4 heterocycles. The fourth-order valence-electron chi connectivity index (χ4n) is 5.87. The van der Waals surface area contributed by atoms with E-state index in [-0.39, 0.29) is 51.8 Å². The smallest absolute Gasteiger partial charge is 0.463 e. The number of carbonyl (C=O) groups is 11. The molecule has 0 saturated carbocycles. The summed E-state index contributed by atoms with van der Waals surface area (Å²) in [4.78, 5) is 124. The van der Waals surface area contributed by atoms with Gasteiger partial charge in [0.25, 0.3) is 0 Å². The first-order valence-electron chi connectivity index (χ1n) is 20.7. The number of esters is 9. The van der Waals surface area contributed by atoms with Crippen LogP contribution in [-0.4, -0.2) is 196 Å². The molecule has 12 atom stereocenters. The summed E-state index contributed by atoms with van der Waals surface area (Å²) >= 11 is 13.6. The standard InChI is InChI=1S/C18H24O13.C16H22O11.C4H6O4.CH2Cl2.H2O.HPS/c1-8(19)24-7-13-14(27-9(2)20)15(28-10(3)21)16(29-11(4)22)17(31-13)25-5-12-6-26-18(23)30-12;1-7(17)22-6-12-13(23-8(2)18)14(24-9(3)19)15(25-10(4)20)16(27-12)26-11(5)21;5-1-3-2-7-4(6)8-3;2-1-3;;1-2/h12-17H,5-7H2,1-4H3;12-16H,6H2,1-5H3;3,5H,1-2H2;1H2;1H2;1H/t12?,13?,14-,15-,16?,17+;12?,13-,14-,15?,16+;;;;/m00..../s1/i;;;;;1T. The van der Waals surface area contributed by atoms with Crippen molar-refractivity contribution >= 4 is 109 Å². The number of aliphatic hydroxyl groups excluding tert-OH is 1. The van der Waals surface area contributed by atoms with Gasteiger partial charge >= 0.3 is 66.0 Å². The molecule has 0 spiro atoms. The van der Waals surface area contributed by atoms with Crippen LogP contribution in [0.2, 0.25) is 0 Å². The topological polar surface area (TPSA) is 387 Å². The van der Waals surface area contributed by atoms with Gasteiger partial charge in [-0.05, 0) is 7.96 Å². The fraction of sp³-hybridized carbons (Fsp3) is 0.718. The van der Waals surface area contributed by atoms with Crippen molar-refractivity contribution in [3.63, 3.8) is 0 Å². The summed E-state index contributed by atoms with van der Waals surface area (Å²) in [7, 11) is 0.250. The van der Waals surface area contributed by atoms with Crippen molar-refractivity contribution in [1.29, 1.82) is 1.28 Å². The first-order chi connectivity index (χ1) is 33.7. The zero-order valence-corrected chi connectivity index (χ0v) is 43.2. The number of rotatable bonds is 15. The summed E-state index contributed by atoms with van der Waals surface area (Å²) < 4.78 is 87.1. The molecule has 4 fully saturated rings. The van der Waals surface area contributed by atoms with Crippen molar-refractivity contribution in [1.82, 2.24) is 0 Å². The molecule has 0 aliphatic carbocycles. The zero-order chi connectivity index (χ0) is 55.2. The molecule has 0 amide bonds. The van der Waals surface area contributed by atoms with E-state index in [1.165, 1.54) is 0 Å². The third-order valence-corrected chi connectivity index (χ3v) is 8.13. The van der Waals surface area contributed by atoms with E-state index in [1.807, 2.05) is 0 Å². The summed E-state index contributed by atoms with van der Waals surface area (Å²) in [5.41, 5.74) is 0. The van der Waals surface area contributed by atoms with E-state index in [0.717, 1.165) is 62.3 Å². The molecular weight excluding hydrogens is 1070 g/mol. The minimum atomic E-state index is -1.48. The summed E-state index contributed by atoms with van der Waals surface area (Å²) in [5.74, 6) is -6.60. The van der Waals surface area contributed by atoms with Crippen LogP contribution in [0, 0.1) is 0 Å². The first kappa shape index (κ1) is 66.7. The summed E-state index contributed by atoms with van der Waals surface area (Å²) in [6.45, 7) is 8.99. The SMILES string of the molecule is CC(=O)OCC1O[C@@H](OC(C)=O)C(OC(C)=O)[C@@H](OC(C)=O)[C@H]1OC(C)=O.CC(=O)OCC1O[C@@H](OCC2COC(=O)O2)C(OC(C)=O)[C@@H](OC(C)=O)[C@H]1OC(C)=O.ClCCl.O.O=C1OCC(CO)O1.[3H]P=S. The van der Waals surface area contributed by atoms with Crippen LogP contribution in [0.25, 0.3) is 0 Å². The number of cyclic esters (lactones) is 4. The lowest BCUT2D eigenvalue weighted by Gasteiger charge is -2.44. The molecule has 6 unspecified atom stereocenters. The van der Waals surface area contributed by atoms with E-state index in [9.17, 15) is 52.7 Å². The van der Waals surface area contributed by atoms with E-state index in [4.69, 9.17) is 91.2 Å². The molecule has 72 heavy (non-hydrogen) atoms. The normalized spacial score (nSPS) is 26.6. The van der Waals surface area contributed by atoms with Gasteiger partial charge in [-0.3, -0.25) is 43.2 Å². The number of hydrogen-bond acceptors (Lipinski definition) is 29. The number of ether oxygens (including phenoxy) is 16. The Bertz CT molecular complexity index is 1850. The van der Waals surface area contributed by atoms with Crippen LogP contribution >= 0.6 is 31.2 Å². The van der Waals surface area contributed by atoms with Gasteiger partial charge in [0.2, 0.25) is 12.4 Å². The Morgan fingerprint density at radius 2 is 0.847 bits per heavy atom. The molecule has 4 aliphatic heterocycles. The fourth-order valence-corrected chi connectivity index (χ4v) is 5.87. The van der Waals surface area contributed by atoms with Gasteiger partial charge in [-0.2, -0.15) is 0 Å². The second-order valence-electron chi connectivity index (χ2n) is 14.0. The predicted octanol–water partition coefficient (Wildman–Crippen LogP) is -0.0439. The molecule has 0 aromatic rings. The zero-order valence-electron chi connectivity index (χ0n) is 41.0. The number of halogens is 2. The third kappa shape index (κ3) is 27.5. The van der Waals surface area contributed by atoms with E-state index >= 15 is 0 Å². The minimum Gasteiger partial charge on any atom is -0.463 e. The van der Waals surface area contributed by atoms with Gasteiger partial charge in [-0.15, -0.1) is 23.2 Å². The summed E-state index contributed by atoms with van der Waals surface area (Å²) in [5, 5.41) is 8.52. The van der Waals surface area contributed by atoms with Crippen LogP contribution in [0.1, 0.15) is 62.3 Å². The molecule has 4 aliphatic rings. The van der Waals surface area contributed by atoms with Crippen molar-refractivity contribution in [2.24, 2.45) is 0 Å². The van der Waals surface area contributed by atoms with Crippen molar-refractivity contribution < 1.29 is 139 Å². The van der Waals surface area contributed by atoms with Gasteiger partial charge in [0.05, 0.1) is 18.6 Å². The maximum atomic E-state index is 11.7. The maximum Gasteiger partial charge on any atom is 0.508 e. The third-order valence-electron chi connectivity index (χ3n) is 8.13. The molecule has 4 saturated heterocycles. The van der Waals surface area contributed by atoms with E-state index < -0.39 is 146 Å². The lowest BCUT2D eigenvalue weighted by Crippen LogP contribution is -2.63. The van der Waals surface area contributed by atoms with Crippen molar-refractivity contribution in [2.75, 3.05) is 45.0 Å². The maximum absolute atomic E-state index is 11.7. The Kier molecular flexibility index (Phi) is 33.9. The largest absolute Gasteiger partial charge is 0.508 e. The lowest BCUT2D eigenvalue weighted by molar-refractivity contribution is -0.310. The molecule has 3 N–H and O–H groups in total. The molecule has 0 bridgehead atoms. The second kappa shape index (κ2) is 36.6. The lowest BCUT2D eigenvalue weighted by atomic mass is 9.98. The molecule has 412 valence electrons. The van der Waals surface area contributed by atoms with Gasteiger partial charge < -0.3 is 86.4 Å². The summed E-state index contributed by atoms with van der Waals surface area (Å²) in [6.07, 6.45) is -15.9. The minimum absolute atomic E-state index is 0. The van der Waals surface area contributed by atoms with Gasteiger partial charge in [-0.25, -0.2) is 9.59 Å². The van der Waals surface area contributed by atoms with Crippen LogP contribution in [0.3, 0.4) is 0 Å². The highest BCUT2D eigenvalue weighted by Crippen LogP contribution is 2.32. The number of alkyl halides is 2. The molecule has 0 aromatic heterocycles. The Hall–Kier alpha value is -5.33. The number of hydrogen-bond donors (Lipinski definition) is 1. The highest BCUT2D eigenvalue weighted by molar-refractivity contribution is 7.88. The van der Waals surface area contributed by atoms with Crippen LogP contribution in [-0.2, 0) is 131 Å². The molecule has 29 nitrogen and oxygen atoms in total. The number of carbonyl (C=O) groups excluding carboxylic acids is 11. The van der Waals surface area contributed by atoms with Gasteiger partial charge in [0.15, 0.2) is 49.0 Å². The van der Waals surface area contributed by atoms with Crippen LogP contribution in [0.5, 0.6) is 0 Å². The predicted molar refractivity (Wildman–Crippen MR) is 237 cm³/mol. The highest BCUT2D eigenvalue weighted by Gasteiger charge is 2.55.